The number of likely N-dealkylation sites (tertiary alicyclic amines) is 1. The molecule has 6 nitrogen and oxygen atoms in total. The van der Waals surface area contributed by atoms with Crippen LogP contribution in [0.5, 0.6) is 0 Å². The molecule has 4 rings (SSSR count). The molecule has 28 heavy (non-hydrogen) atoms. The number of fused-ring (bicyclic) bond motifs is 1. The molecule has 0 unspecified atom stereocenters. The van der Waals surface area contributed by atoms with Gasteiger partial charge < -0.3 is 14.1 Å². The van der Waals surface area contributed by atoms with Crippen LogP contribution < -0.4 is 5.76 Å². The molecular formula is C21H28ClN3O3. The number of hydrogen-bond acceptors (Lipinski definition) is 5. The van der Waals surface area contributed by atoms with Gasteiger partial charge in [0.15, 0.2) is 5.58 Å². The second-order valence-corrected chi connectivity index (χ2v) is 7.93. The molecule has 1 aromatic heterocycles. The summed E-state index contributed by atoms with van der Waals surface area (Å²) >= 11 is 0. The molecule has 1 aliphatic heterocycles. The summed E-state index contributed by atoms with van der Waals surface area (Å²) in [5.74, 6) is 0.410. The Morgan fingerprint density at radius 1 is 1.14 bits per heavy atom. The number of nitriles is 1. The molecule has 2 fully saturated rings. The number of benzene rings is 1. The van der Waals surface area contributed by atoms with Gasteiger partial charge in [0.25, 0.3) is 0 Å². The summed E-state index contributed by atoms with van der Waals surface area (Å²) in [6.45, 7) is 2.92. The van der Waals surface area contributed by atoms with Crippen LogP contribution in [0.2, 0.25) is 0 Å². The summed E-state index contributed by atoms with van der Waals surface area (Å²) in [6.07, 6.45) is 6.90. The standard InChI is InChI=1S/C21H27N3O3.ClH/c1-26-14-15-2-5-17(6-3-15)23-10-8-18(9-11-23)24-19-12-16(13-22)4-7-20(19)27-21(24)25;/h4,7,12,15,17-18H,2-3,5-6,8-11,14H2,1H3;1H. The van der Waals surface area contributed by atoms with Crippen LogP contribution in [0.15, 0.2) is 27.4 Å². The molecule has 0 atom stereocenters. The second-order valence-electron chi connectivity index (χ2n) is 7.93. The van der Waals surface area contributed by atoms with E-state index in [0.717, 1.165) is 38.1 Å². The number of aromatic nitrogens is 1. The Balaban J connectivity index is 0.00000225. The zero-order valence-corrected chi connectivity index (χ0v) is 17.1. The quantitative estimate of drug-likeness (QED) is 0.774. The van der Waals surface area contributed by atoms with Crippen molar-refractivity contribution in [2.75, 3.05) is 26.8 Å². The Kier molecular flexibility index (Phi) is 6.82. The van der Waals surface area contributed by atoms with Crippen LogP contribution in [0, 0.1) is 17.2 Å². The average molecular weight is 406 g/mol. The smallest absolute Gasteiger partial charge is 0.408 e. The maximum atomic E-state index is 12.4. The van der Waals surface area contributed by atoms with Gasteiger partial charge in [0.05, 0.1) is 17.1 Å². The van der Waals surface area contributed by atoms with E-state index in [2.05, 4.69) is 11.0 Å². The zero-order chi connectivity index (χ0) is 18.8. The number of methoxy groups -OCH3 is 1. The molecule has 1 saturated carbocycles. The molecule has 0 amide bonds. The number of rotatable bonds is 4. The predicted octanol–water partition coefficient (Wildman–Crippen LogP) is 3.73. The number of ether oxygens (including phenoxy) is 1. The SMILES string of the molecule is COCC1CCC(N2CCC(n3c(=O)oc4ccc(C#N)cc43)CC2)CC1.Cl. The number of piperidine rings is 1. The monoisotopic (exact) mass is 405 g/mol. The first kappa shape index (κ1) is 20.9. The van der Waals surface area contributed by atoms with Gasteiger partial charge in [0.1, 0.15) is 0 Å². The van der Waals surface area contributed by atoms with Crippen LogP contribution in [0.25, 0.3) is 11.1 Å². The van der Waals surface area contributed by atoms with Gasteiger partial charge in [-0.15, -0.1) is 12.4 Å². The van der Waals surface area contributed by atoms with E-state index in [1.54, 1.807) is 29.9 Å². The summed E-state index contributed by atoms with van der Waals surface area (Å²) in [4.78, 5) is 15.0. The van der Waals surface area contributed by atoms with E-state index in [1.807, 2.05) is 0 Å². The van der Waals surface area contributed by atoms with Crippen molar-refractivity contribution >= 4 is 23.5 Å². The van der Waals surface area contributed by atoms with Gasteiger partial charge in [0.2, 0.25) is 0 Å². The molecule has 152 valence electrons. The largest absolute Gasteiger partial charge is 0.420 e. The van der Waals surface area contributed by atoms with Crippen LogP contribution in [0.1, 0.15) is 50.1 Å². The van der Waals surface area contributed by atoms with Crippen LogP contribution in [-0.2, 0) is 4.74 Å². The highest BCUT2D eigenvalue weighted by Crippen LogP contribution is 2.32. The topological polar surface area (TPSA) is 71.4 Å². The number of halogens is 1. The highest BCUT2D eigenvalue weighted by molar-refractivity contribution is 5.85. The zero-order valence-electron chi connectivity index (χ0n) is 16.3. The van der Waals surface area contributed by atoms with Crippen molar-refractivity contribution in [3.63, 3.8) is 0 Å². The van der Waals surface area contributed by atoms with Gasteiger partial charge in [-0.3, -0.25) is 4.57 Å². The van der Waals surface area contributed by atoms with Crippen molar-refractivity contribution in [2.24, 2.45) is 5.92 Å². The molecule has 1 aromatic carbocycles. The molecular weight excluding hydrogens is 378 g/mol. The fraction of sp³-hybridized carbons (Fsp3) is 0.619. The molecule has 2 aromatic rings. The van der Waals surface area contributed by atoms with Gasteiger partial charge in [-0.05, 0) is 62.6 Å². The number of hydrogen-bond donors (Lipinski definition) is 0. The van der Waals surface area contributed by atoms with E-state index in [9.17, 15) is 4.79 Å². The lowest BCUT2D eigenvalue weighted by atomic mass is 9.85. The highest BCUT2D eigenvalue weighted by atomic mass is 35.5. The van der Waals surface area contributed by atoms with E-state index >= 15 is 0 Å². The lowest BCUT2D eigenvalue weighted by Crippen LogP contribution is -2.44. The Bertz CT molecular complexity index is 884. The van der Waals surface area contributed by atoms with Crippen LogP contribution in [0.4, 0.5) is 0 Å². The molecule has 0 radical (unpaired) electrons. The fourth-order valence-corrected chi connectivity index (χ4v) is 4.87. The molecule has 7 heteroatoms. The molecule has 0 spiro atoms. The lowest BCUT2D eigenvalue weighted by molar-refractivity contribution is 0.0710. The minimum Gasteiger partial charge on any atom is -0.408 e. The van der Waals surface area contributed by atoms with Gasteiger partial charge in [-0.2, -0.15) is 5.26 Å². The first-order chi connectivity index (χ1) is 13.2. The number of oxazole rings is 1. The Morgan fingerprint density at radius 2 is 1.86 bits per heavy atom. The van der Waals surface area contributed by atoms with Gasteiger partial charge >= 0.3 is 5.76 Å². The summed E-state index contributed by atoms with van der Waals surface area (Å²) < 4.78 is 12.5. The van der Waals surface area contributed by atoms with E-state index in [1.165, 1.54) is 25.7 Å². The molecule has 2 aliphatic rings. The Labute approximate surface area is 171 Å². The maximum Gasteiger partial charge on any atom is 0.420 e. The summed E-state index contributed by atoms with van der Waals surface area (Å²) in [5.41, 5.74) is 1.87. The molecule has 2 heterocycles. The van der Waals surface area contributed by atoms with Crippen molar-refractivity contribution in [1.82, 2.24) is 9.47 Å². The normalized spacial score (nSPS) is 24.0. The Morgan fingerprint density at radius 3 is 2.50 bits per heavy atom. The van der Waals surface area contributed by atoms with Gasteiger partial charge in [-0.1, -0.05) is 0 Å². The average Bonchev–Trinajstić information content (AvgIpc) is 3.04. The van der Waals surface area contributed by atoms with Gasteiger partial charge in [0, 0.05) is 38.9 Å². The van der Waals surface area contributed by atoms with Crippen molar-refractivity contribution < 1.29 is 9.15 Å². The van der Waals surface area contributed by atoms with Crippen LogP contribution in [0.3, 0.4) is 0 Å². The molecule has 1 aliphatic carbocycles. The summed E-state index contributed by atoms with van der Waals surface area (Å²) in [5, 5.41) is 9.15. The molecule has 0 N–H and O–H groups in total. The minimum absolute atomic E-state index is 0. The van der Waals surface area contributed by atoms with E-state index < -0.39 is 0 Å². The third-order valence-electron chi connectivity index (χ3n) is 6.34. The van der Waals surface area contributed by atoms with Crippen molar-refractivity contribution in [2.45, 2.75) is 50.6 Å². The molecule has 0 bridgehead atoms. The second kappa shape index (κ2) is 9.13. The molecule has 1 saturated heterocycles. The van der Waals surface area contributed by atoms with Gasteiger partial charge in [-0.25, -0.2) is 4.79 Å². The van der Waals surface area contributed by atoms with Crippen molar-refractivity contribution in [1.29, 1.82) is 5.26 Å². The fourth-order valence-electron chi connectivity index (χ4n) is 4.87. The van der Waals surface area contributed by atoms with Crippen molar-refractivity contribution in [3.8, 4) is 6.07 Å². The third kappa shape index (κ3) is 4.12. The number of nitrogens with zero attached hydrogens (tertiary/aromatic N) is 3. The highest BCUT2D eigenvalue weighted by Gasteiger charge is 2.30. The summed E-state index contributed by atoms with van der Waals surface area (Å²) in [6, 6.07) is 8.14. The summed E-state index contributed by atoms with van der Waals surface area (Å²) in [7, 11) is 1.79. The predicted molar refractivity (Wildman–Crippen MR) is 110 cm³/mol. The lowest BCUT2D eigenvalue weighted by Gasteiger charge is -2.40. The van der Waals surface area contributed by atoms with Crippen LogP contribution in [-0.4, -0.2) is 42.3 Å². The minimum atomic E-state index is -0.307. The van der Waals surface area contributed by atoms with E-state index in [0.29, 0.717) is 23.1 Å². The third-order valence-corrected chi connectivity index (χ3v) is 6.34. The van der Waals surface area contributed by atoms with E-state index in [-0.39, 0.29) is 24.2 Å². The first-order valence-corrected chi connectivity index (χ1v) is 9.97. The maximum absolute atomic E-state index is 12.4. The first-order valence-electron chi connectivity index (χ1n) is 9.97. The van der Waals surface area contributed by atoms with E-state index in [4.69, 9.17) is 14.4 Å². The Hall–Kier alpha value is -1.81. The van der Waals surface area contributed by atoms with Crippen LogP contribution >= 0.6 is 12.4 Å². The van der Waals surface area contributed by atoms with Crippen molar-refractivity contribution in [3.05, 3.63) is 34.3 Å².